The number of methoxy groups -OCH3 is 1. The van der Waals surface area contributed by atoms with Gasteiger partial charge in [-0.1, -0.05) is 20.3 Å². The third-order valence-corrected chi connectivity index (χ3v) is 5.40. The number of hydrogen-bond acceptors (Lipinski definition) is 5. The lowest BCUT2D eigenvalue weighted by Crippen LogP contribution is -2.44. The van der Waals surface area contributed by atoms with E-state index in [-0.39, 0.29) is 12.5 Å². The molecule has 8 heteroatoms. The molecule has 0 saturated heterocycles. The summed E-state index contributed by atoms with van der Waals surface area (Å²) in [7, 11) is -2.46. The van der Waals surface area contributed by atoms with Crippen LogP contribution < -0.4 is 10.0 Å². The molecule has 1 saturated carbocycles. The average molecular weight is 320 g/mol. The maximum absolute atomic E-state index is 12.2. The molecular weight excluding hydrogens is 296 g/mol. The predicted molar refractivity (Wildman–Crippen MR) is 77.9 cm³/mol. The topological polar surface area (TPSA) is 102 Å². The van der Waals surface area contributed by atoms with Gasteiger partial charge in [0.2, 0.25) is 15.9 Å². The highest BCUT2D eigenvalue weighted by Gasteiger charge is 2.42. The van der Waals surface area contributed by atoms with Crippen molar-refractivity contribution in [1.29, 1.82) is 0 Å². The molecule has 1 amide bonds. The van der Waals surface area contributed by atoms with Gasteiger partial charge >= 0.3 is 5.97 Å². The fourth-order valence-corrected chi connectivity index (χ4v) is 4.08. The summed E-state index contributed by atoms with van der Waals surface area (Å²) in [5.41, 5.74) is 0. The van der Waals surface area contributed by atoms with Gasteiger partial charge in [0.25, 0.3) is 0 Å². The molecule has 1 aliphatic carbocycles. The van der Waals surface area contributed by atoms with Crippen LogP contribution in [0.15, 0.2) is 0 Å². The Morgan fingerprint density at radius 2 is 1.95 bits per heavy atom. The summed E-state index contributed by atoms with van der Waals surface area (Å²) in [6.07, 6.45) is 1.56. The molecule has 0 aliphatic heterocycles. The summed E-state index contributed by atoms with van der Waals surface area (Å²) in [5.74, 6) is -1.23. The number of ether oxygens (including phenoxy) is 1. The zero-order valence-electron chi connectivity index (χ0n) is 12.7. The highest BCUT2D eigenvalue weighted by atomic mass is 32.2. The molecule has 1 rings (SSSR count). The van der Waals surface area contributed by atoms with Crippen molar-refractivity contribution < 1.29 is 22.7 Å². The van der Waals surface area contributed by atoms with Crippen LogP contribution in [0.1, 0.15) is 33.1 Å². The van der Waals surface area contributed by atoms with E-state index in [2.05, 4.69) is 14.8 Å². The second-order valence-corrected chi connectivity index (χ2v) is 7.65. The summed E-state index contributed by atoms with van der Waals surface area (Å²) in [6.45, 7) is 4.09. The van der Waals surface area contributed by atoms with E-state index in [1.807, 2.05) is 13.8 Å². The molecule has 2 unspecified atom stereocenters. The first-order valence-corrected chi connectivity index (χ1v) is 8.65. The number of rotatable bonds is 7. The summed E-state index contributed by atoms with van der Waals surface area (Å²) in [6, 6.07) is 0. The van der Waals surface area contributed by atoms with Gasteiger partial charge in [0.1, 0.15) is 0 Å². The van der Waals surface area contributed by atoms with Gasteiger partial charge in [-0.15, -0.1) is 0 Å². The SMILES string of the molecule is COC(=O)C1CCCC1S(=O)(=O)NCC(=O)NCC(C)C. The number of hydrogen-bond donors (Lipinski definition) is 2. The molecule has 0 spiro atoms. The van der Waals surface area contributed by atoms with Crippen LogP contribution in [0.4, 0.5) is 0 Å². The monoisotopic (exact) mass is 320 g/mol. The Hall–Kier alpha value is -1.15. The second kappa shape index (κ2) is 7.74. The Bertz CT molecular complexity index is 475. The number of amides is 1. The summed E-state index contributed by atoms with van der Waals surface area (Å²) in [4.78, 5) is 23.1. The molecule has 2 N–H and O–H groups in total. The van der Waals surface area contributed by atoms with Crippen LogP contribution in [0.5, 0.6) is 0 Å². The highest BCUT2D eigenvalue weighted by molar-refractivity contribution is 7.90. The number of nitrogens with one attached hydrogen (secondary N) is 2. The van der Waals surface area contributed by atoms with Crippen LogP contribution in [-0.2, 0) is 24.3 Å². The molecule has 0 aromatic rings. The Morgan fingerprint density at radius 1 is 1.29 bits per heavy atom. The quantitative estimate of drug-likeness (QED) is 0.644. The summed E-state index contributed by atoms with van der Waals surface area (Å²) >= 11 is 0. The molecule has 0 bridgehead atoms. The number of esters is 1. The molecule has 0 aromatic heterocycles. The van der Waals surface area contributed by atoms with E-state index in [9.17, 15) is 18.0 Å². The Balaban J connectivity index is 2.56. The predicted octanol–water partition coefficient (Wildman–Crippen LogP) is 0.0197. The van der Waals surface area contributed by atoms with E-state index in [0.29, 0.717) is 31.7 Å². The first-order valence-electron chi connectivity index (χ1n) is 7.11. The van der Waals surface area contributed by atoms with Crippen molar-refractivity contribution >= 4 is 21.9 Å². The number of sulfonamides is 1. The van der Waals surface area contributed by atoms with Crippen LogP contribution in [0.25, 0.3) is 0 Å². The van der Waals surface area contributed by atoms with Gasteiger partial charge in [-0.2, -0.15) is 0 Å². The highest BCUT2D eigenvalue weighted by Crippen LogP contribution is 2.31. The fourth-order valence-electron chi connectivity index (χ4n) is 2.37. The molecular formula is C13H24N2O5S. The van der Waals surface area contributed by atoms with Gasteiger partial charge in [0, 0.05) is 6.54 Å². The van der Waals surface area contributed by atoms with Gasteiger partial charge in [-0.05, 0) is 18.8 Å². The number of carbonyl (C=O) groups excluding carboxylic acids is 2. The lowest BCUT2D eigenvalue weighted by molar-refractivity contribution is -0.145. The zero-order chi connectivity index (χ0) is 16.0. The van der Waals surface area contributed by atoms with E-state index < -0.39 is 27.2 Å². The maximum Gasteiger partial charge on any atom is 0.310 e. The first-order chi connectivity index (χ1) is 9.77. The van der Waals surface area contributed by atoms with Crippen molar-refractivity contribution in [2.45, 2.75) is 38.4 Å². The average Bonchev–Trinajstić information content (AvgIpc) is 2.92. The molecule has 1 fully saturated rings. The van der Waals surface area contributed by atoms with Crippen LogP contribution >= 0.6 is 0 Å². The molecule has 1 aliphatic rings. The second-order valence-electron chi connectivity index (χ2n) is 5.66. The first kappa shape index (κ1) is 17.9. The minimum Gasteiger partial charge on any atom is -0.469 e. The third kappa shape index (κ3) is 5.28. The normalized spacial score (nSPS) is 22.3. The van der Waals surface area contributed by atoms with Crippen molar-refractivity contribution in [2.24, 2.45) is 11.8 Å². The van der Waals surface area contributed by atoms with E-state index in [1.165, 1.54) is 7.11 Å². The lowest BCUT2D eigenvalue weighted by atomic mass is 10.1. The maximum atomic E-state index is 12.2. The van der Waals surface area contributed by atoms with Crippen molar-refractivity contribution in [1.82, 2.24) is 10.0 Å². The van der Waals surface area contributed by atoms with Crippen LogP contribution in [-0.4, -0.2) is 45.7 Å². The van der Waals surface area contributed by atoms with E-state index in [1.54, 1.807) is 0 Å². The van der Waals surface area contributed by atoms with Crippen LogP contribution in [0, 0.1) is 11.8 Å². The summed E-state index contributed by atoms with van der Waals surface area (Å²) < 4.78 is 31.3. The van der Waals surface area contributed by atoms with Crippen molar-refractivity contribution in [3.8, 4) is 0 Å². The van der Waals surface area contributed by atoms with Gasteiger partial charge in [0.05, 0.1) is 24.8 Å². The Labute approximate surface area is 125 Å². The summed E-state index contributed by atoms with van der Waals surface area (Å²) in [5, 5.41) is 1.82. The van der Waals surface area contributed by atoms with E-state index in [4.69, 9.17) is 0 Å². The van der Waals surface area contributed by atoms with Gasteiger partial charge < -0.3 is 10.1 Å². The molecule has 122 valence electrons. The van der Waals surface area contributed by atoms with Gasteiger partial charge in [-0.3, -0.25) is 9.59 Å². The van der Waals surface area contributed by atoms with Gasteiger partial charge in [-0.25, -0.2) is 13.1 Å². The van der Waals surface area contributed by atoms with Crippen LogP contribution in [0.2, 0.25) is 0 Å². The van der Waals surface area contributed by atoms with Crippen molar-refractivity contribution in [3.05, 3.63) is 0 Å². The molecule has 0 heterocycles. The largest absolute Gasteiger partial charge is 0.469 e. The number of carbonyl (C=O) groups is 2. The van der Waals surface area contributed by atoms with Gasteiger partial charge in [0.15, 0.2) is 0 Å². The smallest absolute Gasteiger partial charge is 0.310 e. The van der Waals surface area contributed by atoms with Crippen molar-refractivity contribution in [3.63, 3.8) is 0 Å². The third-order valence-electron chi connectivity index (χ3n) is 3.50. The standard InChI is InChI=1S/C13H24N2O5S/c1-9(2)7-14-12(16)8-15-21(18,19)11-6-4-5-10(11)13(17)20-3/h9-11,15H,4-8H2,1-3H3,(H,14,16). The molecule has 2 atom stereocenters. The van der Waals surface area contributed by atoms with Crippen LogP contribution in [0.3, 0.4) is 0 Å². The Morgan fingerprint density at radius 3 is 2.52 bits per heavy atom. The minimum atomic E-state index is -3.71. The van der Waals surface area contributed by atoms with Crippen molar-refractivity contribution in [2.75, 3.05) is 20.2 Å². The van der Waals surface area contributed by atoms with E-state index in [0.717, 1.165) is 0 Å². The molecule has 7 nitrogen and oxygen atoms in total. The molecule has 0 aromatic carbocycles. The molecule has 0 radical (unpaired) electrons. The fraction of sp³-hybridized carbons (Fsp3) is 0.846. The lowest BCUT2D eigenvalue weighted by Gasteiger charge is -2.18. The minimum absolute atomic E-state index is 0.295. The molecule has 21 heavy (non-hydrogen) atoms. The Kier molecular flexibility index (Phi) is 6.60. The zero-order valence-corrected chi connectivity index (χ0v) is 13.5. The van der Waals surface area contributed by atoms with E-state index >= 15 is 0 Å².